The van der Waals surface area contributed by atoms with Crippen LogP contribution in [-0.2, 0) is 6.42 Å². The van der Waals surface area contributed by atoms with Gasteiger partial charge in [0.2, 0.25) is 5.78 Å². The summed E-state index contributed by atoms with van der Waals surface area (Å²) in [5, 5.41) is 1.93. The Bertz CT molecular complexity index is 534. The smallest absolute Gasteiger partial charge is 0.225 e. The molecule has 3 nitrogen and oxygen atoms in total. The molecule has 2 rings (SSSR count). The van der Waals surface area contributed by atoms with Crippen molar-refractivity contribution in [3.63, 3.8) is 0 Å². The van der Waals surface area contributed by atoms with E-state index in [1.54, 1.807) is 25.4 Å². The molecule has 4 heteroatoms. The number of methoxy groups -OCH3 is 1. The van der Waals surface area contributed by atoms with Crippen LogP contribution in [0.2, 0.25) is 0 Å². The first-order valence-electron chi connectivity index (χ1n) is 5.38. The average Bonchev–Trinajstić information content (AvgIpc) is 2.86. The molecule has 2 heterocycles. The highest BCUT2D eigenvalue weighted by Crippen LogP contribution is 2.24. The first-order chi connectivity index (χ1) is 8.27. The van der Waals surface area contributed by atoms with Crippen LogP contribution in [0.3, 0.4) is 0 Å². The number of carbonyl (C=O) groups is 1. The van der Waals surface area contributed by atoms with Crippen molar-refractivity contribution in [1.29, 1.82) is 0 Å². The maximum atomic E-state index is 12.3. The number of aromatic nitrogens is 1. The van der Waals surface area contributed by atoms with Gasteiger partial charge in [0.25, 0.3) is 0 Å². The summed E-state index contributed by atoms with van der Waals surface area (Å²) in [6.07, 6.45) is 2.45. The molecule has 0 saturated carbocycles. The Kier molecular flexibility index (Phi) is 3.54. The molecule has 0 radical (unpaired) electrons. The summed E-state index contributed by atoms with van der Waals surface area (Å²) in [6, 6.07) is 5.48. The molecular formula is C13H13NO2S. The fraction of sp³-hybridized carbons (Fsp3) is 0.231. The van der Waals surface area contributed by atoms with E-state index in [0.717, 1.165) is 16.9 Å². The van der Waals surface area contributed by atoms with Gasteiger partial charge < -0.3 is 4.74 Å². The normalized spacial score (nSPS) is 10.2. The van der Waals surface area contributed by atoms with Gasteiger partial charge in [0.15, 0.2) is 5.69 Å². The molecule has 0 aliphatic rings. The van der Waals surface area contributed by atoms with Crippen LogP contribution in [0.4, 0.5) is 0 Å². The highest BCUT2D eigenvalue weighted by Gasteiger charge is 2.19. The summed E-state index contributed by atoms with van der Waals surface area (Å²) in [5.41, 5.74) is 1.44. The fourth-order valence-corrected chi connectivity index (χ4v) is 2.58. The molecule has 0 N–H and O–H groups in total. The molecule has 0 spiro atoms. The van der Waals surface area contributed by atoms with Crippen LogP contribution in [-0.4, -0.2) is 17.9 Å². The van der Waals surface area contributed by atoms with Crippen LogP contribution in [0.15, 0.2) is 29.8 Å². The Morgan fingerprint density at radius 1 is 1.47 bits per heavy atom. The van der Waals surface area contributed by atoms with Crippen molar-refractivity contribution < 1.29 is 9.53 Å². The first-order valence-corrected chi connectivity index (χ1v) is 6.26. The van der Waals surface area contributed by atoms with E-state index in [-0.39, 0.29) is 5.78 Å². The minimum Gasteiger partial charge on any atom is -0.494 e. The fourth-order valence-electron chi connectivity index (χ4n) is 1.65. The molecule has 0 amide bonds. The molecule has 0 aliphatic heterocycles. The summed E-state index contributed by atoms with van der Waals surface area (Å²) in [5.74, 6) is 0.460. The second-order valence-electron chi connectivity index (χ2n) is 3.51. The van der Waals surface area contributed by atoms with E-state index in [2.05, 4.69) is 4.98 Å². The molecule has 0 atom stereocenters. The van der Waals surface area contributed by atoms with Gasteiger partial charge in [-0.3, -0.25) is 4.79 Å². The maximum absolute atomic E-state index is 12.3. The maximum Gasteiger partial charge on any atom is 0.225 e. The van der Waals surface area contributed by atoms with Crippen LogP contribution >= 0.6 is 11.3 Å². The third-order valence-corrected chi connectivity index (χ3v) is 3.50. The van der Waals surface area contributed by atoms with Crippen molar-refractivity contribution in [2.45, 2.75) is 13.3 Å². The van der Waals surface area contributed by atoms with Gasteiger partial charge in [-0.2, -0.15) is 0 Å². The van der Waals surface area contributed by atoms with Gasteiger partial charge in [-0.15, -0.1) is 11.3 Å². The minimum absolute atomic E-state index is 0.0608. The SMILES string of the molecule is CCc1ccsc1C(=O)c1ncccc1OC. The average molecular weight is 247 g/mol. The predicted octanol–water partition coefficient (Wildman–Crippen LogP) is 2.95. The number of pyridine rings is 1. The number of thiophene rings is 1. The highest BCUT2D eigenvalue weighted by atomic mass is 32.1. The zero-order valence-corrected chi connectivity index (χ0v) is 10.6. The van der Waals surface area contributed by atoms with E-state index < -0.39 is 0 Å². The Morgan fingerprint density at radius 3 is 3.00 bits per heavy atom. The summed E-state index contributed by atoms with van der Waals surface area (Å²) < 4.78 is 5.16. The molecule has 2 aromatic heterocycles. The number of nitrogens with zero attached hydrogens (tertiary/aromatic N) is 1. The standard InChI is InChI=1S/C13H13NO2S/c1-3-9-6-8-17-13(9)12(15)11-10(16-2)5-4-7-14-11/h4-8H,3H2,1-2H3. The van der Waals surface area contributed by atoms with Crippen molar-refractivity contribution in [3.8, 4) is 5.75 Å². The minimum atomic E-state index is -0.0608. The van der Waals surface area contributed by atoms with Crippen molar-refractivity contribution in [2.24, 2.45) is 0 Å². The third kappa shape index (κ3) is 2.22. The lowest BCUT2D eigenvalue weighted by atomic mass is 10.1. The second-order valence-corrected chi connectivity index (χ2v) is 4.43. The number of rotatable bonds is 4. The number of carbonyl (C=O) groups excluding carboxylic acids is 1. The molecule has 0 bridgehead atoms. The van der Waals surface area contributed by atoms with Gasteiger partial charge in [0, 0.05) is 6.20 Å². The molecular weight excluding hydrogens is 234 g/mol. The number of hydrogen-bond donors (Lipinski definition) is 0. The summed E-state index contributed by atoms with van der Waals surface area (Å²) in [4.78, 5) is 17.2. The number of ether oxygens (including phenoxy) is 1. The number of ketones is 1. The molecule has 2 aromatic rings. The lowest BCUT2D eigenvalue weighted by Gasteiger charge is -2.05. The summed E-state index contributed by atoms with van der Waals surface area (Å²) in [6.45, 7) is 2.04. The van der Waals surface area contributed by atoms with Crippen molar-refractivity contribution in [3.05, 3.63) is 45.9 Å². The number of hydrogen-bond acceptors (Lipinski definition) is 4. The van der Waals surface area contributed by atoms with Crippen LogP contribution < -0.4 is 4.74 Å². The van der Waals surface area contributed by atoms with E-state index in [1.165, 1.54) is 11.3 Å². The van der Waals surface area contributed by atoms with Gasteiger partial charge in [-0.25, -0.2) is 4.98 Å². The predicted molar refractivity (Wildman–Crippen MR) is 67.9 cm³/mol. The van der Waals surface area contributed by atoms with E-state index in [4.69, 9.17) is 4.74 Å². The Hall–Kier alpha value is -1.68. The van der Waals surface area contributed by atoms with Crippen molar-refractivity contribution >= 4 is 17.1 Å². The van der Waals surface area contributed by atoms with Crippen LogP contribution in [0.25, 0.3) is 0 Å². The highest BCUT2D eigenvalue weighted by molar-refractivity contribution is 7.12. The van der Waals surface area contributed by atoms with Crippen LogP contribution in [0.5, 0.6) is 5.75 Å². The molecule has 0 saturated heterocycles. The second kappa shape index (κ2) is 5.10. The topological polar surface area (TPSA) is 39.2 Å². The zero-order valence-electron chi connectivity index (χ0n) is 9.77. The molecule has 0 aliphatic carbocycles. The quantitative estimate of drug-likeness (QED) is 0.780. The molecule has 88 valence electrons. The molecule has 0 fully saturated rings. The lowest BCUT2D eigenvalue weighted by Crippen LogP contribution is -2.06. The van der Waals surface area contributed by atoms with Gasteiger partial charge in [0.1, 0.15) is 5.75 Å². The van der Waals surface area contributed by atoms with Crippen LogP contribution in [0.1, 0.15) is 27.9 Å². The van der Waals surface area contributed by atoms with Crippen molar-refractivity contribution in [1.82, 2.24) is 4.98 Å². The lowest BCUT2D eigenvalue weighted by molar-refractivity contribution is 0.103. The van der Waals surface area contributed by atoms with Crippen LogP contribution in [0, 0.1) is 0 Å². The summed E-state index contributed by atoms with van der Waals surface area (Å²) >= 11 is 1.45. The Labute approximate surface area is 104 Å². The number of aryl methyl sites for hydroxylation is 1. The van der Waals surface area contributed by atoms with E-state index in [1.807, 2.05) is 18.4 Å². The largest absolute Gasteiger partial charge is 0.494 e. The summed E-state index contributed by atoms with van der Waals surface area (Å²) in [7, 11) is 1.54. The Morgan fingerprint density at radius 2 is 2.29 bits per heavy atom. The monoisotopic (exact) mass is 247 g/mol. The van der Waals surface area contributed by atoms with Crippen molar-refractivity contribution in [2.75, 3.05) is 7.11 Å². The van der Waals surface area contributed by atoms with Gasteiger partial charge >= 0.3 is 0 Å². The van der Waals surface area contributed by atoms with Gasteiger partial charge in [-0.05, 0) is 35.6 Å². The Balaban J connectivity index is 2.44. The third-order valence-electron chi connectivity index (χ3n) is 2.54. The molecule has 0 unspecified atom stereocenters. The molecule has 0 aromatic carbocycles. The zero-order chi connectivity index (χ0) is 12.3. The van der Waals surface area contributed by atoms with Gasteiger partial charge in [-0.1, -0.05) is 6.92 Å². The van der Waals surface area contributed by atoms with Gasteiger partial charge in [0.05, 0.1) is 12.0 Å². The van der Waals surface area contributed by atoms with E-state index in [9.17, 15) is 4.79 Å². The van der Waals surface area contributed by atoms with E-state index in [0.29, 0.717) is 11.4 Å². The van der Waals surface area contributed by atoms with E-state index >= 15 is 0 Å². The molecule has 17 heavy (non-hydrogen) atoms. The first kappa shape index (κ1) is 11.8.